The second-order valence-electron chi connectivity index (χ2n) is 10.5. The van der Waals surface area contributed by atoms with Crippen LogP contribution in [0.2, 0.25) is 5.02 Å². The zero-order valence-electron chi connectivity index (χ0n) is 25.4. The first kappa shape index (κ1) is 32.5. The van der Waals surface area contributed by atoms with Gasteiger partial charge in [0.1, 0.15) is 6.61 Å². The molecule has 1 aliphatic heterocycles. The summed E-state index contributed by atoms with van der Waals surface area (Å²) in [5, 5.41) is 0.397. The number of fused-ring (bicyclic) bond motifs is 1. The van der Waals surface area contributed by atoms with Crippen molar-refractivity contribution in [1.82, 2.24) is 4.57 Å². The number of esters is 1. The highest BCUT2D eigenvalue weighted by atomic mass is 79.9. The smallest absolute Gasteiger partial charge is 0.338 e. The summed E-state index contributed by atoms with van der Waals surface area (Å²) in [6.45, 7) is 7.86. The molecule has 4 aromatic rings. The fraction of sp³-hybridized carbons (Fsp3) is 0.265. The van der Waals surface area contributed by atoms with Crippen molar-refractivity contribution >= 4 is 50.9 Å². The Morgan fingerprint density at radius 2 is 1.89 bits per heavy atom. The molecule has 11 heteroatoms. The summed E-state index contributed by atoms with van der Waals surface area (Å²) in [6.07, 6.45) is 1.68. The van der Waals surface area contributed by atoms with Gasteiger partial charge in [-0.15, -0.1) is 0 Å². The van der Waals surface area contributed by atoms with Crippen LogP contribution in [0.25, 0.3) is 6.08 Å². The van der Waals surface area contributed by atoms with Crippen molar-refractivity contribution in [3.8, 4) is 17.2 Å². The van der Waals surface area contributed by atoms with Crippen LogP contribution in [0.5, 0.6) is 17.2 Å². The minimum Gasteiger partial charge on any atom is -0.493 e. The molecule has 3 aromatic carbocycles. The third-order valence-corrected chi connectivity index (χ3v) is 8.78. The minimum absolute atomic E-state index is 0.0716. The lowest BCUT2D eigenvalue weighted by Crippen LogP contribution is -2.40. The van der Waals surface area contributed by atoms with Crippen molar-refractivity contribution in [2.24, 2.45) is 4.99 Å². The average molecular weight is 712 g/mol. The lowest BCUT2D eigenvalue weighted by Gasteiger charge is -2.25. The fourth-order valence-electron chi connectivity index (χ4n) is 4.99. The molecular weight excluding hydrogens is 680 g/mol. The summed E-state index contributed by atoms with van der Waals surface area (Å²) >= 11 is 11.4. The number of hydrogen-bond donors (Lipinski definition) is 0. The van der Waals surface area contributed by atoms with Gasteiger partial charge in [0.25, 0.3) is 5.56 Å². The van der Waals surface area contributed by atoms with Crippen LogP contribution in [0.3, 0.4) is 0 Å². The van der Waals surface area contributed by atoms with Crippen LogP contribution in [-0.2, 0) is 16.1 Å². The molecule has 0 N–H and O–H groups in total. The third kappa shape index (κ3) is 7.03. The molecule has 0 amide bonds. The molecule has 2 heterocycles. The number of methoxy groups -OCH3 is 1. The zero-order chi connectivity index (χ0) is 32.2. The monoisotopic (exact) mass is 710 g/mol. The Hall–Kier alpha value is -3.86. The van der Waals surface area contributed by atoms with Gasteiger partial charge in [-0.3, -0.25) is 9.36 Å². The number of rotatable bonds is 10. The van der Waals surface area contributed by atoms with E-state index in [1.54, 1.807) is 45.2 Å². The van der Waals surface area contributed by atoms with Crippen LogP contribution in [0.1, 0.15) is 50.4 Å². The van der Waals surface area contributed by atoms with Crippen molar-refractivity contribution in [1.29, 1.82) is 0 Å². The highest BCUT2D eigenvalue weighted by Gasteiger charge is 2.34. The molecule has 1 aliphatic rings. The summed E-state index contributed by atoms with van der Waals surface area (Å²) in [5.74, 6) is 1.00. The Morgan fingerprint density at radius 1 is 1.13 bits per heavy atom. The van der Waals surface area contributed by atoms with Gasteiger partial charge in [-0.2, -0.15) is 0 Å². The summed E-state index contributed by atoms with van der Waals surface area (Å²) in [7, 11) is 1.55. The second-order valence-corrected chi connectivity index (χ2v) is 12.7. The van der Waals surface area contributed by atoms with Gasteiger partial charge in [0.15, 0.2) is 22.0 Å². The lowest BCUT2D eigenvalue weighted by molar-refractivity contribution is -0.139. The van der Waals surface area contributed by atoms with E-state index in [0.717, 1.165) is 5.56 Å². The molecule has 0 saturated carbocycles. The number of allylic oxidation sites excluding steroid dienone is 1. The number of thiazole rings is 1. The number of carbonyl (C=O) groups is 1. The highest BCUT2D eigenvalue weighted by Crippen LogP contribution is 2.37. The predicted octanol–water partition coefficient (Wildman–Crippen LogP) is 6.59. The van der Waals surface area contributed by atoms with Crippen LogP contribution in [0, 0.1) is 0 Å². The predicted molar refractivity (Wildman–Crippen MR) is 179 cm³/mol. The molecule has 0 spiro atoms. The maximum Gasteiger partial charge on any atom is 0.338 e. The van der Waals surface area contributed by atoms with Crippen molar-refractivity contribution in [2.45, 2.75) is 46.4 Å². The Labute approximate surface area is 278 Å². The van der Waals surface area contributed by atoms with Crippen LogP contribution in [0.15, 0.2) is 86.2 Å². The molecule has 0 saturated heterocycles. The van der Waals surface area contributed by atoms with Crippen LogP contribution in [0.4, 0.5) is 0 Å². The van der Waals surface area contributed by atoms with E-state index >= 15 is 0 Å². The molecule has 0 fully saturated rings. The average Bonchev–Trinajstić information content (AvgIpc) is 3.30. The fourth-order valence-corrected chi connectivity index (χ4v) is 7.03. The van der Waals surface area contributed by atoms with E-state index in [1.165, 1.54) is 15.9 Å². The van der Waals surface area contributed by atoms with E-state index in [0.29, 0.717) is 59.5 Å². The van der Waals surface area contributed by atoms with E-state index in [1.807, 2.05) is 56.3 Å². The van der Waals surface area contributed by atoms with Crippen LogP contribution >= 0.6 is 38.9 Å². The number of aromatic nitrogens is 1. The summed E-state index contributed by atoms with van der Waals surface area (Å²) in [4.78, 5) is 32.5. The topological polar surface area (TPSA) is 88.4 Å². The molecule has 0 unspecified atom stereocenters. The van der Waals surface area contributed by atoms with E-state index in [2.05, 4.69) is 20.9 Å². The number of halogens is 2. The van der Waals surface area contributed by atoms with Crippen molar-refractivity contribution in [3.05, 3.63) is 118 Å². The van der Waals surface area contributed by atoms with Gasteiger partial charge in [0, 0.05) is 0 Å². The second kappa shape index (κ2) is 14.1. The van der Waals surface area contributed by atoms with Gasteiger partial charge in [-0.1, -0.05) is 59.3 Å². The molecule has 5 rings (SSSR count). The van der Waals surface area contributed by atoms with Gasteiger partial charge in [0.2, 0.25) is 0 Å². The van der Waals surface area contributed by atoms with Gasteiger partial charge in [-0.05, 0) is 90.7 Å². The van der Waals surface area contributed by atoms with E-state index in [-0.39, 0.29) is 23.8 Å². The molecule has 0 radical (unpaired) electrons. The molecule has 0 aliphatic carbocycles. The summed E-state index contributed by atoms with van der Waals surface area (Å²) < 4.78 is 25.5. The zero-order valence-corrected chi connectivity index (χ0v) is 28.6. The first-order chi connectivity index (χ1) is 21.6. The number of ether oxygens (including phenoxy) is 4. The first-order valence-corrected chi connectivity index (χ1v) is 16.3. The van der Waals surface area contributed by atoms with Gasteiger partial charge >= 0.3 is 5.97 Å². The van der Waals surface area contributed by atoms with Crippen molar-refractivity contribution < 1.29 is 23.7 Å². The Balaban J connectivity index is 1.59. The highest BCUT2D eigenvalue weighted by molar-refractivity contribution is 9.10. The maximum atomic E-state index is 14.1. The SMILES string of the molecule is CCOC(=O)C1=C(C)N=c2s/c(=C\c3cc(Cl)c(OCc4ccccc4)c(Br)c3)c(=O)n2[C@@H]1c1ccc(OC(C)C)c(OC)c1. The van der Waals surface area contributed by atoms with Crippen LogP contribution in [-0.4, -0.2) is 30.4 Å². The van der Waals surface area contributed by atoms with Crippen molar-refractivity contribution in [3.63, 3.8) is 0 Å². The van der Waals surface area contributed by atoms with Crippen molar-refractivity contribution in [2.75, 3.05) is 13.7 Å². The number of nitrogens with zero attached hydrogens (tertiary/aromatic N) is 2. The van der Waals surface area contributed by atoms with E-state index < -0.39 is 12.0 Å². The first-order valence-electron chi connectivity index (χ1n) is 14.3. The standard InChI is InChI=1S/C34H32BrClN2O6S/c1-6-42-33(40)29-20(4)37-34-38(30(29)23-12-13-26(44-19(2)3)27(17-23)41-5)32(39)28(45-34)16-22-14-24(35)31(25(36)15-22)43-18-21-10-8-7-9-11-21/h7-17,19,30H,6,18H2,1-5H3/b28-16-/t30-/m1/s1. The van der Waals surface area contributed by atoms with Gasteiger partial charge in [-0.25, -0.2) is 9.79 Å². The van der Waals surface area contributed by atoms with Gasteiger partial charge in [0.05, 0.1) is 51.2 Å². The summed E-state index contributed by atoms with van der Waals surface area (Å²) in [6, 6.07) is 18.0. The Morgan fingerprint density at radius 3 is 2.56 bits per heavy atom. The number of hydrogen-bond acceptors (Lipinski definition) is 8. The Bertz CT molecular complexity index is 1930. The number of benzene rings is 3. The maximum absolute atomic E-state index is 14.1. The molecule has 8 nitrogen and oxygen atoms in total. The van der Waals surface area contributed by atoms with E-state index in [9.17, 15) is 9.59 Å². The number of carbonyl (C=O) groups excluding carboxylic acids is 1. The quantitative estimate of drug-likeness (QED) is 0.173. The molecule has 45 heavy (non-hydrogen) atoms. The normalized spacial score (nSPS) is 14.7. The van der Waals surface area contributed by atoms with E-state index in [4.69, 9.17) is 30.5 Å². The van der Waals surface area contributed by atoms with Gasteiger partial charge < -0.3 is 18.9 Å². The molecule has 0 bridgehead atoms. The molecule has 234 valence electrons. The lowest BCUT2D eigenvalue weighted by atomic mass is 9.95. The summed E-state index contributed by atoms with van der Waals surface area (Å²) in [5.41, 5.74) is 2.80. The third-order valence-electron chi connectivity index (χ3n) is 6.93. The Kier molecular flexibility index (Phi) is 10.2. The molecule has 1 atom stereocenters. The molecular formula is C34H32BrClN2O6S. The van der Waals surface area contributed by atoms with Crippen LogP contribution < -0.4 is 29.1 Å². The molecule has 1 aromatic heterocycles. The largest absolute Gasteiger partial charge is 0.493 e. The minimum atomic E-state index is -0.798.